The molecule has 0 bridgehead atoms. The van der Waals surface area contributed by atoms with Gasteiger partial charge in [-0.05, 0) is 74.4 Å². The lowest BCUT2D eigenvalue weighted by atomic mass is 9.93. The van der Waals surface area contributed by atoms with Gasteiger partial charge in [0, 0.05) is 42.0 Å². The molecular weight excluding hydrogens is 1180 g/mol. The maximum atomic E-state index is 15.6. The molecule has 0 aliphatic heterocycles. The highest BCUT2D eigenvalue weighted by Gasteiger charge is 2.68. The first-order valence-electron chi connectivity index (χ1n) is 22.7. The smallest absolute Gasteiger partial charge is 0.447 e. The summed E-state index contributed by atoms with van der Waals surface area (Å²) < 4.78 is 223. The van der Waals surface area contributed by atoms with Gasteiger partial charge >= 0.3 is 32.4 Å². The molecule has 1 fully saturated rings. The number of rotatable bonds is 17. The van der Waals surface area contributed by atoms with Crippen LogP contribution in [-0.4, -0.2) is 125 Å². The summed E-state index contributed by atoms with van der Waals surface area (Å²) in [6, 6.07) is 4.30. The minimum Gasteiger partial charge on any atom is -0.447 e. The number of nitrogens with one attached hydrogen (secondary N) is 1. The van der Waals surface area contributed by atoms with Gasteiger partial charge in [-0.2, -0.15) is 49.6 Å². The van der Waals surface area contributed by atoms with Crippen molar-refractivity contribution in [3.05, 3.63) is 93.0 Å². The Hall–Kier alpha value is -6.56. The molecule has 0 spiro atoms. The summed E-state index contributed by atoms with van der Waals surface area (Å²) in [6.45, 7) is -3.78. The molecule has 3 heterocycles. The molecule has 3 atom stereocenters. The Balaban J connectivity index is 1.40. The summed E-state index contributed by atoms with van der Waals surface area (Å²) in [5.74, 6) is -6.52. The zero-order valence-electron chi connectivity index (χ0n) is 41.7. The average Bonchev–Trinajstić information content (AvgIpc) is 3.81. The third-order valence-electron chi connectivity index (χ3n) is 12.4. The fourth-order valence-electron chi connectivity index (χ4n) is 8.45. The first-order valence-corrected chi connectivity index (χ1v) is 28.4. The van der Waals surface area contributed by atoms with Gasteiger partial charge in [0.2, 0.25) is 22.7 Å². The number of nitrogens with zero attached hydrogens (tertiary/aromatic N) is 7. The summed E-state index contributed by atoms with van der Waals surface area (Å²) in [5.41, 5.74) is -6.49. The first-order chi connectivity index (χ1) is 36.7. The molecule has 0 saturated heterocycles. The SMILES string of the molecule is CN(CCOC(=O)N(c1nn(CC(F)(F)F)c2c(-c3ccc(C#CC(C)(C)S(C)(=O)=O)nc3[C@H](Cc3cc(F)cc(F)c3)NC(=O)Cn3nc(C(F)(F)F)c4c3C(F)(F)[C@@H]3C[C@H]43)ccc(Cl)c12)S(C)(=O)=O)C(=O)OCOP(=O)(O)O. The molecule has 5 aromatic rings. The molecule has 3 amide bonds. The molecule has 2 aliphatic carbocycles. The van der Waals surface area contributed by atoms with Crippen LogP contribution in [0.2, 0.25) is 5.02 Å². The van der Waals surface area contributed by atoms with Crippen molar-refractivity contribution in [1.82, 2.24) is 34.8 Å². The Kier molecular flexibility index (Phi) is 16.6. The number of fused-ring (bicyclic) bond motifs is 4. The predicted octanol–water partition coefficient (Wildman–Crippen LogP) is 7.33. The van der Waals surface area contributed by atoms with Crippen LogP contribution in [0.3, 0.4) is 0 Å². The van der Waals surface area contributed by atoms with Crippen LogP contribution in [-0.2, 0) is 74.8 Å². The Labute approximate surface area is 451 Å². The number of phosphoric ester groups is 1. The topological polar surface area (TPSA) is 272 Å². The second-order valence-corrected chi connectivity index (χ2v) is 24.8. The number of hydrogen-bond donors (Lipinski definition) is 3. The molecule has 80 heavy (non-hydrogen) atoms. The molecular formula is C45H42ClF10N8O13PS2. The number of amides is 3. The summed E-state index contributed by atoms with van der Waals surface area (Å²) >= 11 is 6.62. The molecule has 0 unspecified atom stereocenters. The van der Waals surface area contributed by atoms with Crippen molar-refractivity contribution in [2.45, 2.75) is 74.8 Å². The average molecular weight is 1220 g/mol. The van der Waals surface area contributed by atoms with Gasteiger partial charge in [0.05, 0.1) is 40.5 Å². The lowest BCUT2D eigenvalue weighted by molar-refractivity contribution is -0.143. The van der Waals surface area contributed by atoms with Gasteiger partial charge in [0.15, 0.2) is 21.3 Å². The normalized spacial score (nSPS) is 16.5. The molecule has 2 aromatic carbocycles. The maximum Gasteiger partial charge on any atom is 0.472 e. The van der Waals surface area contributed by atoms with Crippen LogP contribution in [0.4, 0.5) is 59.3 Å². The molecule has 21 nitrogen and oxygen atoms in total. The van der Waals surface area contributed by atoms with Gasteiger partial charge < -0.3 is 29.5 Å². The molecule has 1 saturated carbocycles. The number of phosphoric acid groups is 1. The summed E-state index contributed by atoms with van der Waals surface area (Å²) in [7, 11) is -13.0. The van der Waals surface area contributed by atoms with E-state index in [1.807, 2.05) is 0 Å². The van der Waals surface area contributed by atoms with E-state index in [0.717, 1.165) is 49.7 Å². The summed E-state index contributed by atoms with van der Waals surface area (Å²) in [4.78, 5) is 63.0. The molecule has 3 N–H and O–H groups in total. The molecule has 0 radical (unpaired) electrons. The highest BCUT2D eigenvalue weighted by Crippen LogP contribution is 2.68. The Morgan fingerprint density at radius 1 is 0.950 bits per heavy atom. The van der Waals surface area contributed by atoms with Crippen molar-refractivity contribution in [1.29, 1.82) is 0 Å². The van der Waals surface area contributed by atoms with Crippen molar-refractivity contribution in [3.8, 4) is 23.0 Å². The Bertz CT molecular complexity index is 3660. The summed E-state index contributed by atoms with van der Waals surface area (Å²) in [5, 5.41) is 8.27. The number of sulfone groups is 1. The number of pyridine rings is 1. The van der Waals surface area contributed by atoms with E-state index in [2.05, 4.69) is 41.6 Å². The van der Waals surface area contributed by atoms with Gasteiger partial charge in [0.1, 0.15) is 47.5 Å². The van der Waals surface area contributed by atoms with Crippen LogP contribution < -0.4 is 9.62 Å². The van der Waals surface area contributed by atoms with E-state index in [4.69, 9.17) is 26.1 Å². The number of hydrogen-bond acceptors (Lipinski definition) is 14. The van der Waals surface area contributed by atoms with E-state index >= 15 is 8.78 Å². The van der Waals surface area contributed by atoms with Crippen LogP contribution in [0.25, 0.3) is 22.0 Å². The van der Waals surface area contributed by atoms with Crippen LogP contribution in [0.15, 0.2) is 42.5 Å². The number of alkyl halides is 8. The lowest BCUT2D eigenvalue weighted by Gasteiger charge is -2.23. The van der Waals surface area contributed by atoms with Crippen LogP contribution in [0, 0.1) is 29.4 Å². The lowest BCUT2D eigenvalue weighted by Crippen LogP contribution is -2.39. The number of likely N-dealkylation sites (N-methyl/N-ethyl adjacent to an activating group) is 1. The number of halogens is 11. The second-order valence-electron chi connectivity index (χ2n) is 18.7. The zero-order valence-corrected chi connectivity index (χ0v) is 44.9. The number of carbonyl (C=O) groups is 3. The number of aromatic nitrogens is 5. The van der Waals surface area contributed by atoms with Gasteiger partial charge in [-0.25, -0.2) is 49.3 Å². The number of sulfonamides is 1. The van der Waals surface area contributed by atoms with Crippen molar-refractivity contribution >= 4 is 74.1 Å². The third-order valence-corrected chi connectivity index (χ3v) is 16.1. The van der Waals surface area contributed by atoms with Crippen LogP contribution in [0.5, 0.6) is 0 Å². The number of ether oxygens (including phenoxy) is 2. The third kappa shape index (κ3) is 13.4. The van der Waals surface area contributed by atoms with Crippen molar-refractivity contribution in [2.24, 2.45) is 5.92 Å². The molecule has 35 heteroatoms. The molecule has 2 aliphatic rings. The second kappa shape index (κ2) is 21.7. The number of carbonyl (C=O) groups excluding carboxylic acids is 3. The largest absolute Gasteiger partial charge is 0.472 e. The maximum absolute atomic E-state index is 15.6. The van der Waals surface area contributed by atoms with Crippen molar-refractivity contribution < 1.29 is 103 Å². The van der Waals surface area contributed by atoms with Crippen LogP contribution >= 0.6 is 19.4 Å². The molecule has 3 aromatic heterocycles. The van der Waals surface area contributed by atoms with E-state index in [0.29, 0.717) is 17.2 Å². The van der Waals surface area contributed by atoms with Gasteiger partial charge in [-0.3, -0.25) is 14.2 Å². The Morgan fingerprint density at radius 2 is 1.59 bits per heavy atom. The first kappa shape index (κ1) is 61.1. The number of anilines is 1. The Morgan fingerprint density at radius 3 is 2.17 bits per heavy atom. The minimum atomic E-state index is -5.26. The number of benzene rings is 2. The van der Waals surface area contributed by atoms with Crippen molar-refractivity contribution in [3.63, 3.8) is 0 Å². The van der Waals surface area contributed by atoms with E-state index in [1.54, 1.807) is 0 Å². The quantitative estimate of drug-likeness (QED) is 0.0356. The highest BCUT2D eigenvalue weighted by molar-refractivity contribution is 7.93. The highest BCUT2D eigenvalue weighted by atomic mass is 35.5. The minimum absolute atomic E-state index is 0.154. The van der Waals surface area contributed by atoms with Crippen molar-refractivity contribution in [2.75, 3.05) is 43.8 Å². The predicted molar refractivity (Wildman–Crippen MR) is 259 cm³/mol. The van der Waals surface area contributed by atoms with Gasteiger partial charge in [0.25, 0.3) is 5.92 Å². The van der Waals surface area contributed by atoms with Gasteiger partial charge in [-0.1, -0.05) is 23.6 Å². The zero-order chi connectivity index (χ0) is 59.6. The van der Waals surface area contributed by atoms with Gasteiger partial charge in [-0.15, -0.1) is 0 Å². The van der Waals surface area contributed by atoms with E-state index in [9.17, 15) is 70.9 Å². The molecule has 434 valence electrons. The van der Waals surface area contributed by atoms with E-state index in [1.165, 1.54) is 13.8 Å². The van der Waals surface area contributed by atoms with Crippen LogP contribution in [0.1, 0.15) is 66.1 Å². The van der Waals surface area contributed by atoms with E-state index in [-0.39, 0.29) is 31.3 Å². The van der Waals surface area contributed by atoms with E-state index < -0.39 is 193 Å². The fourth-order valence-corrected chi connectivity index (χ4v) is 9.88. The summed E-state index contributed by atoms with van der Waals surface area (Å²) in [6.07, 6.45) is -13.5. The molecule has 7 rings (SSSR count). The fraction of sp³-hybridized carbons (Fsp3) is 0.422. The standard InChI is InChI=1S/C45H42ClF10N8O13PS2/c1-42(2,79(4,71)72)11-10-25-6-7-26(35(57-25)31(16-22-14-23(47)17-24(48)15-22)58-32(65)19-62-38-33(37(59-62)45(54,55)56)28-18-29(28)44(38,52)53)27-8-9-30(46)34-36(27)63(20-43(49,50)51)60-39(34)64(80(5,73)74)41(67)75-13-12-61(3)40(66)76-21-77-78(68,69)70/h6-9,14-15,17,28-29,31H,12-13,16,18-21H2,1-5H3,(H,58,65)(H2,68,69,70)/t28-,29+,31-/m0/s1. The monoisotopic (exact) mass is 1220 g/mol.